The summed E-state index contributed by atoms with van der Waals surface area (Å²) in [5.41, 5.74) is 1.76. The lowest BCUT2D eigenvalue weighted by molar-refractivity contribution is 0.101. The van der Waals surface area contributed by atoms with E-state index in [9.17, 15) is 9.59 Å². The fourth-order valence-corrected chi connectivity index (χ4v) is 1.61. The first-order chi connectivity index (χ1) is 8.97. The Kier molecular flexibility index (Phi) is 3.50. The Bertz CT molecular complexity index is 610. The molecule has 2 rings (SSSR count). The summed E-state index contributed by atoms with van der Waals surface area (Å²) in [5, 5.41) is 9.53. The van der Waals surface area contributed by atoms with Crippen molar-refractivity contribution in [2.45, 2.75) is 26.7 Å². The number of aromatic amines is 2. The molecule has 3 N–H and O–H groups in total. The van der Waals surface area contributed by atoms with E-state index in [1.54, 1.807) is 6.07 Å². The van der Waals surface area contributed by atoms with Crippen LogP contribution in [0.1, 0.15) is 53.2 Å². The normalized spacial score (nSPS) is 10.7. The molecule has 0 saturated carbocycles. The molecule has 2 heterocycles. The molecular formula is C13H16N4O2. The Morgan fingerprint density at radius 3 is 2.58 bits per heavy atom. The van der Waals surface area contributed by atoms with Gasteiger partial charge in [-0.05, 0) is 18.9 Å². The average molecular weight is 260 g/mol. The quantitative estimate of drug-likeness (QED) is 0.737. The molecule has 0 aromatic carbocycles. The molecule has 2 aromatic heterocycles. The average Bonchev–Trinajstić information content (AvgIpc) is 2.96. The number of anilines is 1. The Morgan fingerprint density at radius 2 is 2.05 bits per heavy atom. The second-order valence-corrected chi connectivity index (χ2v) is 4.68. The lowest BCUT2D eigenvalue weighted by Crippen LogP contribution is -2.12. The second-order valence-electron chi connectivity index (χ2n) is 4.68. The van der Waals surface area contributed by atoms with Crippen LogP contribution in [-0.2, 0) is 0 Å². The second kappa shape index (κ2) is 5.09. The van der Waals surface area contributed by atoms with Crippen LogP contribution in [0.2, 0.25) is 0 Å². The van der Waals surface area contributed by atoms with Crippen LogP contribution in [0.15, 0.2) is 18.3 Å². The number of carbonyl (C=O) groups is 2. The Labute approximate surface area is 110 Å². The van der Waals surface area contributed by atoms with Gasteiger partial charge in [-0.1, -0.05) is 13.8 Å². The van der Waals surface area contributed by atoms with Gasteiger partial charge in [0.15, 0.2) is 11.6 Å². The van der Waals surface area contributed by atoms with Crippen LogP contribution in [0.3, 0.4) is 0 Å². The van der Waals surface area contributed by atoms with Gasteiger partial charge in [0.25, 0.3) is 5.91 Å². The van der Waals surface area contributed by atoms with Gasteiger partial charge in [0.05, 0.1) is 0 Å². The van der Waals surface area contributed by atoms with E-state index in [-0.39, 0.29) is 11.7 Å². The topological polar surface area (TPSA) is 90.6 Å². The van der Waals surface area contributed by atoms with Crippen molar-refractivity contribution in [3.05, 3.63) is 35.3 Å². The lowest BCUT2D eigenvalue weighted by Gasteiger charge is -1.98. The smallest absolute Gasteiger partial charge is 0.273 e. The molecule has 0 spiro atoms. The van der Waals surface area contributed by atoms with Crippen LogP contribution in [-0.4, -0.2) is 26.9 Å². The number of aromatic nitrogens is 3. The van der Waals surface area contributed by atoms with Crippen LogP contribution in [0, 0.1) is 0 Å². The van der Waals surface area contributed by atoms with E-state index in [1.165, 1.54) is 19.2 Å². The molecule has 0 fully saturated rings. The Balaban J connectivity index is 2.09. The molecule has 0 unspecified atom stereocenters. The van der Waals surface area contributed by atoms with Gasteiger partial charge in [-0.15, -0.1) is 0 Å². The minimum Gasteiger partial charge on any atom is -0.356 e. The molecule has 0 aliphatic heterocycles. The number of carbonyl (C=O) groups excluding carboxylic acids is 2. The summed E-state index contributed by atoms with van der Waals surface area (Å²) in [6.45, 7) is 5.51. The van der Waals surface area contributed by atoms with Crippen molar-refractivity contribution >= 4 is 17.5 Å². The van der Waals surface area contributed by atoms with Gasteiger partial charge < -0.3 is 10.3 Å². The van der Waals surface area contributed by atoms with Crippen LogP contribution < -0.4 is 5.32 Å². The molecule has 0 bridgehead atoms. The van der Waals surface area contributed by atoms with E-state index >= 15 is 0 Å². The highest BCUT2D eigenvalue weighted by atomic mass is 16.2. The molecule has 1 amide bonds. The van der Waals surface area contributed by atoms with Crippen molar-refractivity contribution in [1.82, 2.24) is 15.2 Å². The minimum absolute atomic E-state index is 0.0860. The van der Waals surface area contributed by atoms with Crippen LogP contribution in [0.25, 0.3) is 0 Å². The van der Waals surface area contributed by atoms with Gasteiger partial charge in [0.1, 0.15) is 5.69 Å². The van der Waals surface area contributed by atoms with Gasteiger partial charge in [0, 0.05) is 23.5 Å². The van der Waals surface area contributed by atoms with Crippen molar-refractivity contribution in [3.8, 4) is 0 Å². The van der Waals surface area contributed by atoms with Crippen molar-refractivity contribution in [1.29, 1.82) is 0 Å². The number of nitrogens with one attached hydrogen (secondary N) is 3. The largest absolute Gasteiger partial charge is 0.356 e. The predicted octanol–water partition coefficient (Wildman–Crippen LogP) is 2.32. The van der Waals surface area contributed by atoms with E-state index in [1.807, 2.05) is 13.8 Å². The minimum atomic E-state index is -0.325. The zero-order chi connectivity index (χ0) is 14.0. The number of ketones is 1. The van der Waals surface area contributed by atoms with Gasteiger partial charge >= 0.3 is 0 Å². The van der Waals surface area contributed by atoms with Crippen molar-refractivity contribution in [3.63, 3.8) is 0 Å². The van der Waals surface area contributed by atoms with E-state index in [0.717, 1.165) is 5.69 Å². The first-order valence-electron chi connectivity index (χ1n) is 6.03. The maximum atomic E-state index is 11.9. The number of Topliss-reactive ketones (excluding diaryl/α,β-unsaturated/α-hetero) is 1. The molecule has 0 radical (unpaired) electrons. The van der Waals surface area contributed by atoms with Crippen molar-refractivity contribution < 1.29 is 9.59 Å². The van der Waals surface area contributed by atoms with Gasteiger partial charge in [-0.25, -0.2) is 0 Å². The van der Waals surface area contributed by atoms with E-state index in [2.05, 4.69) is 20.5 Å². The zero-order valence-corrected chi connectivity index (χ0v) is 11.1. The number of amides is 1. The fraction of sp³-hybridized carbons (Fsp3) is 0.308. The highest BCUT2D eigenvalue weighted by Gasteiger charge is 2.13. The van der Waals surface area contributed by atoms with Crippen LogP contribution in [0.4, 0.5) is 5.82 Å². The van der Waals surface area contributed by atoms with Gasteiger partial charge in [-0.2, -0.15) is 5.10 Å². The van der Waals surface area contributed by atoms with Crippen molar-refractivity contribution in [2.24, 2.45) is 0 Å². The van der Waals surface area contributed by atoms with Gasteiger partial charge in [-0.3, -0.25) is 14.7 Å². The SMILES string of the molecule is CC(=O)c1c[nH]c(C(=O)Nc2cc(C(C)C)[nH]n2)c1. The molecule has 2 aromatic rings. The molecule has 6 heteroatoms. The predicted molar refractivity (Wildman–Crippen MR) is 71.4 cm³/mol. The molecule has 0 aliphatic rings. The van der Waals surface area contributed by atoms with E-state index in [0.29, 0.717) is 23.0 Å². The lowest BCUT2D eigenvalue weighted by atomic mass is 10.1. The Morgan fingerprint density at radius 1 is 1.32 bits per heavy atom. The number of hydrogen-bond donors (Lipinski definition) is 3. The summed E-state index contributed by atoms with van der Waals surface area (Å²) < 4.78 is 0. The maximum Gasteiger partial charge on any atom is 0.273 e. The number of nitrogens with zero attached hydrogens (tertiary/aromatic N) is 1. The first-order valence-corrected chi connectivity index (χ1v) is 6.03. The maximum absolute atomic E-state index is 11.9. The molecule has 0 aliphatic carbocycles. The summed E-state index contributed by atoms with van der Waals surface area (Å²) in [6, 6.07) is 3.31. The standard InChI is InChI=1S/C13H16N4O2/c1-7(2)10-5-12(17-16-10)15-13(19)11-4-9(6-14-11)8(3)18/h4-7,14H,1-3H3,(H2,15,16,17,19). The monoisotopic (exact) mass is 260 g/mol. The van der Waals surface area contributed by atoms with Gasteiger partial charge in [0.2, 0.25) is 0 Å². The van der Waals surface area contributed by atoms with Crippen molar-refractivity contribution in [2.75, 3.05) is 5.32 Å². The summed E-state index contributed by atoms with van der Waals surface area (Å²) >= 11 is 0. The number of rotatable bonds is 4. The summed E-state index contributed by atoms with van der Waals surface area (Å²) in [7, 11) is 0. The molecule has 0 atom stereocenters. The Hall–Kier alpha value is -2.37. The third-order valence-corrected chi connectivity index (χ3v) is 2.80. The highest BCUT2D eigenvalue weighted by molar-refractivity contribution is 6.04. The summed E-state index contributed by atoms with van der Waals surface area (Å²) in [4.78, 5) is 25.8. The zero-order valence-electron chi connectivity index (χ0n) is 11.1. The third kappa shape index (κ3) is 2.90. The van der Waals surface area contributed by atoms with Crippen LogP contribution >= 0.6 is 0 Å². The van der Waals surface area contributed by atoms with E-state index < -0.39 is 0 Å². The highest BCUT2D eigenvalue weighted by Crippen LogP contribution is 2.15. The van der Waals surface area contributed by atoms with E-state index in [4.69, 9.17) is 0 Å². The summed E-state index contributed by atoms with van der Waals surface area (Å²) in [6.07, 6.45) is 1.52. The molecule has 0 saturated heterocycles. The molecular weight excluding hydrogens is 244 g/mol. The molecule has 19 heavy (non-hydrogen) atoms. The fourth-order valence-electron chi connectivity index (χ4n) is 1.61. The number of hydrogen-bond acceptors (Lipinski definition) is 3. The third-order valence-electron chi connectivity index (χ3n) is 2.80. The first kappa shape index (κ1) is 13.1. The molecule has 100 valence electrons. The number of H-pyrrole nitrogens is 2. The van der Waals surface area contributed by atoms with Crippen LogP contribution in [0.5, 0.6) is 0 Å². The molecule has 6 nitrogen and oxygen atoms in total. The summed E-state index contributed by atoms with van der Waals surface area (Å²) in [5.74, 6) is 0.368.